The standard InChI is InChI=1S/C17H15ClN2OS/c1-11-6-8-12(9-7-11)10-15(21)19-17-20(2)16-13(18)4-3-5-14(16)22-17/h3-9H,10H2,1-2H3. The van der Waals surface area contributed by atoms with Crippen molar-refractivity contribution in [2.24, 2.45) is 12.0 Å². The van der Waals surface area contributed by atoms with Crippen molar-refractivity contribution < 1.29 is 4.79 Å². The van der Waals surface area contributed by atoms with Crippen LogP contribution in [0.15, 0.2) is 47.5 Å². The maximum absolute atomic E-state index is 12.2. The average Bonchev–Trinajstić information content (AvgIpc) is 2.79. The maximum atomic E-state index is 12.2. The molecule has 0 aliphatic carbocycles. The van der Waals surface area contributed by atoms with Crippen molar-refractivity contribution in [2.75, 3.05) is 0 Å². The quantitative estimate of drug-likeness (QED) is 0.702. The van der Waals surface area contributed by atoms with Crippen molar-refractivity contribution in [1.82, 2.24) is 4.57 Å². The van der Waals surface area contributed by atoms with Crippen LogP contribution in [0.5, 0.6) is 0 Å². The molecule has 0 aliphatic heterocycles. The van der Waals surface area contributed by atoms with E-state index in [1.807, 2.05) is 61.0 Å². The Morgan fingerprint density at radius 2 is 1.95 bits per heavy atom. The SMILES string of the molecule is Cc1ccc(CC(=O)N=c2sc3cccc(Cl)c3n2C)cc1. The Bertz CT molecular complexity index is 907. The molecule has 1 heterocycles. The number of thiazole rings is 1. The predicted molar refractivity (Wildman–Crippen MR) is 91.3 cm³/mol. The summed E-state index contributed by atoms with van der Waals surface area (Å²) in [6.45, 7) is 2.02. The highest BCUT2D eigenvalue weighted by Gasteiger charge is 2.08. The molecule has 0 unspecified atom stereocenters. The second kappa shape index (κ2) is 6.07. The molecule has 112 valence electrons. The molecule has 0 saturated carbocycles. The van der Waals surface area contributed by atoms with Gasteiger partial charge in [0.15, 0.2) is 4.80 Å². The summed E-state index contributed by atoms with van der Waals surface area (Å²) in [7, 11) is 1.88. The van der Waals surface area contributed by atoms with Crippen LogP contribution in [0.4, 0.5) is 0 Å². The first-order chi connectivity index (χ1) is 10.5. The number of para-hydroxylation sites is 1. The number of hydrogen-bond acceptors (Lipinski definition) is 2. The normalized spacial score (nSPS) is 12.0. The average molecular weight is 331 g/mol. The Morgan fingerprint density at radius 1 is 1.23 bits per heavy atom. The monoisotopic (exact) mass is 330 g/mol. The first-order valence-electron chi connectivity index (χ1n) is 6.92. The first-order valence-corrected chi connectivity index (χ1v) is 8.11. The van der Waals surface area contributed by atoms with Crippen molar-refractivity contribution in [3.63, 3.8) is 0 Å². The molecule has 0 saturated heterocycles. The van der Waals surface area contributed by atoms with E-state index in [-0.39, 0.29) is 5.91 Å². The van der Waals surface area contributed by atoms with Gasteiger partial charge in [-0.2, -0.15) is 4.99 Å². The summed E-state index contributed by atoms with van der Waals surface area (Å²) in [5.74, 6) is -0.151. The molecule has 1 aromatic heterocycles. The molecule has 0 fully saturated rings. The molecule has 0 radical (unpaired) electrons. The molecule has 0 aliphatic rings. The fourth-order valence-electron chi connectivity index (χ4n) is 2.29. The summed E-state index contributed by atoms with van der Waals surface area (Å²) in [4.78, 5) is 17.1. The zero-order valence-corrected chi connectivity index (χ0v) is 13.9. The highest BCUT2D eigenvalue weighted by atomic mass is 35.5. The molecule has 2 aromatic carbocycles. The van der Waals surface area contributed by atoms with Gasteiger partial charge in [-0.1, -0.05) is 58.8 Å². The van der Waals surface area contributed by atoms with E-state index in [1.54, 1.807) is 0 Å². The van der Waals surface area contributed by atoms with Gasteiger partial charge in [-0.15, -0.1) is 0 Å². The largest absolute Gasteiger partial charge is 0.318 e. The van der Waals surface area contributed by atoms with E-state index in [4.69, 9.17) is 11.6 Å². The van der Waals surface area contributed by atoms with E-state index in [0.717, 1.165) is 15.8 Å². The molecule has 3 aromatic rings. The topological polar surface area (TPSA) is 34.4 Å². The molecule has 1 amide bonds. The number of carbonyl (C=O) groups excluding carboxylic acids is 1. The molecule has 3 rings (SSSR count). The van der Waals surface area contributed by atoms with Crippen LogP contribution in [0, 0.1) is 6.92 Å². The van der Waals surface area contributed by atoms with E-state index < -0.39 is 0 Å². The van der Waals surface area contributed by atoms with E-state index >= 15 is 0 Å². The van der Waals surface area contributed by atoms with Gasteiger partial charge in [-0.25, -0.2) is 0 Å². The summed E-state index contributed by atoms with van der Waals surface area (Å²) < 4.78 is 2.90. The lowest BCUT2D eigenvalue weighted by Gasteiger charge is -1.99. The number of aromatic nitrogens is 1. The number of aryl methyl sites for hydroxylation is 2. The molecule has 0 N–H and O–H groups in total. The first kappa shape index (κ1) is 15.0. The van der Waals surface area contributed by atoms with E-state index in [0.29, 0.717) is 16.2 Å². The highest BCUT2D eigenvalue weighted by Crippen LogP contribution is 2.24. The van der Waals surface area contributed by atoms with Gasteiger partial charge in [-0.3, -0.25) is 4.79 Å². The van der Waals surface area contributed by atoms with Gasteiger partial charge in [-0.05, 0) is 24.6 Å². The number of amides is 1. The van der Waals surface area contributed by atoms with Gasteiger partial charge in [0, 0.05) is 7.05 Å². The Hall–Kier alpha value is -1.91. The summed E-state index contributed by atoms with van der Waals surface area (Å²) in [6.07, 6.45) is 0.308. The van der Waals surface area contributed by atoms with Crippen LogP contribution in [-0.2, 0) is 18.3 Å². The number of halogens is 1. The Balaban J connectivity index is 1.94. The van der Waals surface area contributed by atoms with Gasteiger partial charge < -0.3 is 4.57 Å². The number of hydrogen-bond donors (Lipinski definition) is 0. The Morgan fingerprint density at radius 3 is 2.64 bits per heavy atom. The van der Waals surface area contributed by atoms with E-state index in [2.05, 4.69) is 4.99 Å². The summed E-state index contributed by atoms with van der Waals surface area (Å²) in [6, 6.07) is 13.7. The summed E-state index contributed by atoms with van der Waals surface area (Å²) in [5, 5.41) is 0.670. The molecule has 22 heavy (non-hydrogen) atoms. The number of fused-ring (bicyclic) bond motifs is 1. The van der Waals surface area contributed by atoms with Crippen LogP contribution in [-0.4, -0.2) is 10.5 Å². The zero-order chi connectivity index (χ0) is 15.7. The van der Waals surface area contributed by atoms with E-state index in [9.17, 15) is 4.79 Å². The molecule has 0 atom stereocenters. The number of nitrogens with zero attached hydrogens (tertiary/aromatic N) is 2. The minimum Gasteiger partial charge on any atom is -0.318 e. The lowest BCUT2D eigenvalue weighted by Crippen LogP contribution is -2.14. The molecule has 5 heteroatoms. The third kappa shape index (κ3) is 2.98. The second-order valence-corrected chi connectivity index (χ2v) is 6.61. The third-order valence-electron chi connectivity index (χ3n) is 3.47. The molecule has 0 spiro atoms. The fraction of sp³-hybridized carbons (Fsp3) is 0.176. The van der Waals surface area contributed by atoms with Gasteiger partial charge in [0.25, 0.3) is 5.91 Å². The van der Waals surface area contributed by atoms with Crippen LogP contribution in [0.2, 0.25) is 5.02 Å². The smallest absolute Gasteiger partial charge is 0.252 e. The number of rotatable bonds is 2. The van der Waals surface area contributed by atoms with Crippen LogP contribution in [0.1, 0.15) is 11.1 Å². The van der Waals surface area contributed by atoms with Crippen molar-refractivity contribution in [1.29, 1.82) is 0 Å². The third-order valence-corrected chi connectivity index (χ3v) is 4.87. The lowest BCUT2D eigenvalue weighted by molar-refractivity contribution is -0.117. The summed E-state index contributed by atoms with van der Waals surface area (Å²) in [5.41, 5.74) is 3.07. The zero-order valence-electron chi connectivity index (χ0n) is 12.3. The van der Waals surface area contributed by atoms with Gasteiger partial charge in [0.1, 0.15) is 0 Å². The number of carbonyl (C=O) groups is 1. The summed E-state index contributed by atoms with van der Waals surface area (Å²) >= 11 is 7.69. The highest BCUT2D eigenvalue weighted by molar-refractivity contribution is 7.16. The molecule has 3 nitrogen and oxygen atoms in total. The minimum absolute atomic E-state index is 0.151. The van der Waals surface area contributed by atoms with Crippen molar-refractivity contribution in [3.8, 4) is 0 Å². The minimum atomic E-state index is -0.151. The Labute approximate surface area is 137 Å². The molecular formula is C17H15ClN2OS. The van der Waals surface area contributed by atoms with Gasteiger partial charge in [0.05, 0.1) is 21.7 Å². The maximum Gasteiger partial charge on any atom is 0.252 e. The Kier molecular flexibility index (Phi) is 4.14. The van der Waals surface area contributed by atoms with Crippen molar-refractivity contribution in [2.45, 2.75) is 13.3 Å². The van der Waals surface area contributed by atoms with Gasteiger partial charge >= 0.3 is 0 Å². The van der Waals surface area contributed by atoms with Crippen LogP contribution in [0.3, 0.4) is 0 Å². The molecule has 0 bridgehead atoms. The van der Waals surface area contributed by atoms with Crippen molar-refractivity contribution in [3.05, 3.63) is 63.4 Å². The van der Waals surface area contributed by atoms with Crippen molar-refractivity contribution >= 4 is 39.1 Å². The second-order valence-electron chi connectivity index (χ2n) is 5.20. The fourth-order valence-corrected chi connectivity index (χ4v) is 3.71. The lowest BCUT2D eigenvalue weighted by atomic mass is 10.1. The number of benzene rings is 2. The van der Waals surface area contributed by atoms with Crippen LogP contribution >= 0.6 is 22.9 Å². The van der Waals surface area contributed by atoms with Crippen LogP contribution in [0.25, 0.3) is 10.2 Å². The predicted octanol–water partition coefficient (Wildman–Crippen LogP) is 3.87. The molecular weight excluding hydrogens is 316 g/mol. The van der Waals surface area contributed by atoms with Gasteiger partial charge in [0.2, 0.25) is 0 Å². The van der Waals surface area contributed by atoms with Crippen LogP contribution < -0.4 is 4.80 Å². The van der Waals surface area contributed by atoms with E-state index in [1.165, 1.54) is 16.9 Å².